The maximum absolute atomic E-state index is 13.1. The lowest BCUT2D eigenvalue weighted by atomic mass is 9.88. The zero-order chi connectivity index (χ0) is 21.7. The molecule has 0 radical (unpaired) electrons. The van der Waals surface area contributed by atoms with Crippen molar-refractivity contribution < 1.29 is 14.3 Å². The number of ether oxygens (including phenoxy) is 2. The minimum absolute atomic E-state index is 0.0707. The van der Waals surface area contributed by atoms with Crippen LogP contribution in [0.4, 0.5) is 0 Å². The average molecular weight is 413 g/mol. The van der Waals surface area contributed by atoms with Crippen molar-refractivity contribution in [2.75, 3.05) is 6.61 Å². The molecule has 1 aromatic rings. The number of unbranched alkanes of at least 4 members (excludes halogenated alkanes) is 5. The van der Waals surface area contributed by atoms with Crippen molar-refractivity contribution >= 4 is 11.5 Å². The van der Waals surface area contributed by atoms with E-state index in [-0.39, 0.29) is 12.1 Å². The Morgan fingerprint density at radius 1 is 1.00 bits per heavy atom. The molecule has 166 valence electrons. The Morgan fingerprint density at radius 3 is 2.37 bits per heavy atom. The second-order valence-corrected chi connectivity index (χ2v) is 8.29. The third-order valence-electron chi connectivity index (χ3n) is 5.80. The molecule has 0 N–H and O–H groups in total. The third-order valence-corrected chi connectivity index (χ3v) is 5.80. The van der Waals surface area contributed by atoms with Crippen molar-refractivity contribution in [3.8, 4) is 0 Å². The van der Waals surface area contributed by atoms with E-state index in [0.29, 0.717) is 13.0 Å². The number of hydrogen-bond acceptors (Lipinski definition) is 3. The van der Waals surface area contributed by atoms with E-state index in [0.717, 1.165) is 49.7 Å². The van der Waals surface area contributed by atoms with Crippen LogP contribution in [0.15, 0.2) is 48.6 Å². The van der Waals surface area contributed by atoms with Gasteiger partial charge in [-0.25, -0.2) is 4.79 Å². The quantitative estimate of drug-likeness (QED) is 0.238. The first-order chi connectivity index (χ1) is 14.6. The molecule has 0 aromatic heterocycles. The molecule has 3 nitrogen and oxygen atoms in total. The normalized spacial score (nSPS) is 19.4. The first kappa shape index (κ1) is 24.4. The van der Waals surface area contributed by atoms with E-state index in [1.54, 1.807) is 0 Å². The van der Waals surface area contributed by atoms with E-state index < -0.39 is 5.60 Å². The van der Waals surface area contributed by atoms with Crippen LogP contribution in [0.1, 0.15) is 90.5 Å². The second-order valence-electron chi connectivity index (χ2n) is 8.29. The number of carbonyl (C=O) groups excluding carboxylic acids is 1. The number of benzene rings is 1. The van der Waals surface area contributed by atoms with E-state index >= 15 is 0 Å². The molecular formula is C27H40O3. The molecule has 2 atom stereocenters. The average Bonchev–Trinajstić information content (AvgIpc) is 2.79. The molecule has 0 saturated heterocycles. The van der Waals surface area contributed by atoms with Crippen LogP contribution in [0, 0.1) is 0 Å². The molecule has 1 aliphatic carbocycles. The minimum Gasteiger partial charge on any atom is -0.463 e. The predicted octanol–water partition coefficient (Wildman–Crippen LogP) is 7.27. The van der Waals surface area contributed by atoms with Gasteiger partial charge in [0.05, 0.1) is 12.7 Å². The van der Waals surface area contributed by atoms with Gasteiger partial charge in [0.25, 0.3) is 0 Å². The molecule has 0 spiro atoms. The maximum atomic E-state index is 13.1. The first-order valence-corrected chi connectivity index (χ1v) is 11.9. The van der Waals surface area contributed by atoms with Gasteiger partial charge in [0, 0.05) is 6.42 Å². The standard InChI is InChI=1S/C27H40O3/c1-4-7-9-13-17-25(6-3)30-27(26(28)29-22-14-8-5-2)20-18-24(19-21-27)23-15-11-10-12-16-23/h10-12,15-16,18-20,25H,4-9,13-14,17,21-22H2,1-3H3/t25?,27-/m0/s1. The van der Waals surface area contributed by atoms with Crippen molar-refractivity contribution in [1.82, 2.24) is 0 Å². The van der Waals surface area contributed by atoms with E-state index in [1.807, 2.05) is 30.4 Å². The zero-order valence-corrected chi connectivity index (χ0v) is 19.2. The van der Waals surface area contributed by atoms with Gasteiger partial charge in [0.15, 0.2) is 5.60 Å². The SMILES string of the molecule is CCCCCCC(CC)O[C@@]1(C(=O)OCCCCC)C=CC(c2ccccc2)=CC1. The Hall–Kier alpha value is -1.87. The summed E-state index contributed by atoms with van der Waals surface area (Å²) in [6.45, 7) is 6.98. The smallest absolute Gasteiger partial charge is 0.342 e. The van der Waals surface area contributed by atoms with E-state index in [1.165, 1.54) is 19.3 Å². The highest BCUT2D eigenvalue weighted by Gasteiger charge is 2.41. The van der Waals surface area contributed by atoms with Crippen LogP contribution in [0.3, 0.4) is 0 Å². The monoisotopic (exact) mass is 412 g/mol. The molecule has 3 heteroatoms. The van der Waals surface area contributed by atoms with Crippen LogP contribution in [-0.4, -0.2) is 24.3 Å². The Labute approximate surface area is 183 Å². The fourth-order valence-corrected chi connectivity index (χ4v) is 3.84. The molecular weight excluding hydrogens is 372 g/mol. The summed E-state index contributed by atoms with van der Waals surface area (Å²) in [6, 6.07) is 10.3. The summed E-state index contributed by atoms with van der Waals surface area (Å²) in [5.41, 5.74) is 1.28. The Morgan fingerprint density at radius 2 is 1.73 bits per heavy atom. The molecule has 30 heavy (non-hydrogen) atoms. The maximum Gasteiger partial charge on any atom is 0.342 e. The second kappa shape index (κ2) is 13.4. The highest BCUT2D eigenvalue weighted by molar-refractivity contribution is 5.86. The topological polar surface area (TPSA) is 35.5 Å². The molecule has 1 aliphatic rings. The van der Waals surface area contributed by atoms with E-state index in [9.17, 15) is 4.79 Å². The predicted molar refractivity (Wildman–Crippen MR) is 125 cm³/mol. The summed E-state index contributed by atoms with van der Waals surface area (Å²) >= 11 is 0. The van der Waals surface area contributed by atoms with Gasteiger partial charge in [-0.05, 0) is 36.5 Å². The van der Waals surface area contributed by atoms with Crippen LogP contribution in [-0.2, 0) is 14.3 Å². The van der Waals surface area contributed by atoms with Crippen molar-refractivity contribution in [3.05, 3.63) is 54.1 Å². The summed E-state index contributed by atoms with van der Waals surface area (Å²) in [6.07, 6.45) is 16.5. The molecule has 0 bridgehead atoms. The van der Waals surface area contributed by atoms with E-state index in [2.05, 4.69) is 39.0 Å². The largest absolute Gasteiger partial charge is 0.463 e. The van der Waals surface area contributed by atoms with Crippen LogP contribution < -0.4 is 0 Å². The van der Waals surface area contributed by atoms with Gasteiger partial charge in [0.1, 0.15) is 0 Å². The molecule has 2 rings (SSSR count). The number of esters is 1. The lowest BCUT2D eigenvalue weighted by molar-refractivity contribution is -0.173. The molecule has 0 heterocycles. The van der Waals surface area contributed by atoms with Crippen molar-refractivity contribution in [1.29, 1.82) is 0 Å². The fraction of sp³-hybridized carbons (Fsp3) is 0.593. The van der Waals surface area contributed by atoms with Crippen molar-refractivity contribution in [2.45, 2.75) is 96.7 Å². The highest BCUT2D eigenvalue weighted by Crippen LogP contribution is 2.33. The summed E-state index contributed by atoms with van der Waals surface area (Å²) in [5.74, 6) is -0.245. The number of hydrogen-bond donors (Lipinski definition) is 0. The van der Waals surface area contributed by atoms with Crippen molar-refractivity contribution in [2.24, 2.45) is 0 Å². The van der Waals surface area contributed by atoms with Gasteiger partial charge in [-0.1, -0.05) is 102 Å². The zero-order valence-electron chi connectivity index (χ0n) is 19.2. The Bertz CT molecular complexity index is 677. The fourth-order valence-electron chi connectivity index (χ4n) is 3.84. The van der Waals surface area contributed by atoms with Gasteiger partial charge in [-0.2, -0.15) is 0 Å². The third kappa shape index (κ3) is 7.43. The molecule has 1 unspecified atom stereocenters. The van der Waals surface area contributed by atoms with Crippen LogP contribution in [0.2, 0.25) is 0 Å². The number of rotatable bonds is 14. The lowest BCUT2D eigenvalue weighted by Crippen LogP contribution is -2.44. The highest BCUT2D eigenvalue weighted by atomic mass is 16.6. The molecule has 0 aliphatic heterocycles. The molecule has 0 amide bonds. The molecule has 1 aromatic carbocycles. The first-order valence-electron chi connectivity index (χ1n) is 11.9. The Balaban J connectivity index is 2.10. The minimum atomic E-state index is -1.00. The van der Waals surface area contributed by atoms with Crippen LogP contribution in [0.25, 0.3) is 5.57 Å². The van der Waals surface area contributed by atoms with Gasteiger partial charge in [-0.15, -0.1) is 0 Å². The van der Waals surface area contributed by atoms with Crippen molar-refractivity contribution in [3.63, 3.8) is 0 Å². The summed E-state index contributed by atoms with van der Waals surface area (Å²) < 4.78 is 12.2. The van der Waals surface area contributed by atoms with Gasteiger partial charge in [0.2, 0.25) is 0 Å². The number of carbonyl (C=O) groups is 1. The summed E-state index contributed by atoms with van der Waals surface area (Å²) in [7, 11) is 0. The van der Waals surface area contributed by atoms with Gasteiger partial charge in [-0.3, -0.25) is 0 Å². The number of allylic oxidation sites excluding steroid dienone is 2. The van der Waals surface area contributed by atoms with Crippen LogP contribution in [0.5, 0.6) is 0 Å². The van der Waals surface area contributed by atoms with Gasteiger partial charge < -0.3 is 9.47 Å². The van der Waals surface area contributed by atoms with E-state index in [4.69, 9.17) is 9.47 Å². The molecule has 0 saturated carbocycles. The Kier molecular flexibility index (Phi) is 10.9. The summed E-state index contributed by atoms with van der Waals surface area (Å²) in [5, 5.41) is 0. The van der Waals surface area contributed by atoms with Gasteiger partial charge >= 0.3 is 5.97 Å². The molecule has 0 fully saturated rings. The lowest BCUT2D eigenvalue weighted by Gasteiger charge is -2.34. The van der Waals surface area contributed by atoms with Crippen LogP contribution >= 0.6 is 0 Å². The summed E-state index contributed by atoms with van der Waals surface area (Å²) in [4.78, 5) is 13.1.